The number of halogens is 2. The molecule has 0 radical (unpaired) electrons. The van der Waals surface area contributed by atoms with Gasteiger partial charge in [-0.3, -0.25) is 9.59 Å². The first-order chi connectivity index (χ1) is 15.4. The van der Waals surface area contributed by atoms with Gasteiger partial charge in [0, 0.05) is 25.6 Å². The second-order valence-corrected chi connectivity index (χ2v) is 8.67. The molecule has 8 nitrogen and oxygen atoms in total. The van der Waals surface area contributed by atoms with E-state index in [-0.39, 0.29) is 11.5 Å². The minimum absolute atomic E-state index is 0.164. The average Bonchev–Trinajstić information content (AvgIpc) is 3.13. The molecule has 1 amide bonds. The third-order valence-electron chi connectivity index (χ3n) is 4.74. The summed E-state index contributed by atoms with van der Waals surface area (Å²) in [6.45, 7) is 0.384. The molecule has 0 saturated heterocycles. The molecule has 32 heavy (non-hydrogen) atoms. The molecule has 2 aromatic carbocycles. The second-order valence-electron chi connectivity index (χ2n) is 6.91. The number of fused-ring (bicyclic) bond motifs is 1. The number of amides is 1. The smallest absolute Gasteiger partial charge is 0.258 e. The van der Waals surface area contributed by atoms with Gasteiger partial charge in [0.2, 0.25) is 0 Å². The Morgan fingerprint density at radius 1 is 1.16 bits per heavy atom. The van der Waals surface area contributed by atoms with Gasteiger partial charge in [-0.15, -0.1) is 10.2 Å². The quantitative estimate of drug-likeness (QED) is 0.384. The Morgan fingerprint density at radius 2 is 1.97 bits per heavy atom. The highest BCUT2D eigenvalue weighted by atomic mass is 35.5. The van der Waals surface area contributed by atoms with Crippen LogP contribution in [0.25, 0.3) is 10.9 Å². The molecular weight excluding hydrogens is 471 g/mol. The first kappa shape index (κ1) is 22.3. The molecule has 2 N–H and O–H groups in total. The van der Waals surface area contributed by atoms with Gasteiger partial charge in [0.1, 0.15) is 11.6 Å². The Morgan fingerprint density at radius 3 is 2.78 bits per heavy atom. The Balaban J connectivity index is 1.35. The summed E-state index contributed by atoms with van der Waals surface area (Å²) < 4.78 is 1.86. The van der Waals surface area contributed by atoms with Gasteiger partial charge in [-0.05, 0) is 30.3 Å². The van der Waals surface area contributed by atoms with Gasteiger partial charge in [-0.25, -0.2) is 4.98 Å². The zero-order valence-electron chi connectivity index (χ0n) is 16.9. The fourth-order valence-electron chi connectivity index (χ4n) is 3.05. The summed E-state index contributed by atoms with van der Waals surface area (Å²) in [7, 11) is 1.86. The first-order valence-electron chi connectivity index (χ1n) is 9.64. The molecule has 164 valence electrons. The standard InChI is InChI=1S/C21H18Cl2N6O2S/c1-29-18(8-9-24-19(30)12-6-7-14(22)15(23)10-12)27-28-21(29)32-11-17-25-16-5-3-2-4-13(16)20(31)26-17/h2-7,10H,8-9,11H2,1H3,(H,24,30)(H,25,26,31). The molecular formula is C21H18Cl2N6O2S. The molecule has 0 saturated carbocycles. The average molecular weight is 489 g/mol. The highest BCUT2D eigenvalue weighted by Crippen LogP contribution is 2.23. The fourth-order valence-corrected chi connectivity index (χ4v) is 4.15. The Hall–Kier alpha value is -2.88. The third-order valence-corrected chi connectivity index (χ3v) is 6.51. The lowest BCUT2D eigenvalue weighted by Crippen LogP contribution is -2.26. The summed E-state index contributed by atoms with van der Waals surface area (Å²) in [5.41, 5.74) is 0.927. The van der Waals surface area contributed by atoms with E-state index >= 15 is 0 Å². The van der Waals surface area contributed by atoms with Crippen LogP contribution in [0.2, 0.25) is 10.0 Å². The molecule has 0 aliphatic heterocycles. The fraction of sp³-hybridized carbons (Fsp3) is 0.190. The molecule has 0 unspecified atom stereocenters. The Kier molecular flexibility index (Phi) is 6.78. The number of benzene rings is 2. The molecule has 2 aromatic heterocycles. The van der Waals surface area contributed by atoms with Crippen molar-refractivity contribution < 1.29 is 4.79 Å². The van der Waals surface area contributed by atoms with E-state index in [4.69, 9.17) is 23.2 Å². The monoisotopic (exact) mass is 488 g/mol. The van der Waals surface area contributed by atoms with Crippen molar-refractivity contribution in [2.75, 3.05) is 6.54 Å². The molecule has 0 aliphatic carbocycles. The number of carbonyl (C=O) groups is 1. The van der Waals surface area contributed by atoms with Crippen LogP contribution in [-0.4, -0.2) is 37.2 Å². The first-order valence-corrected chi connectivity index (χ1v) is 11.4. The van der Waals surface area contributed by atoms with E-state index in [0.29, 0.717) is 56.2 Å². The number of hydrogen-bond donors (Lipinski definition) is 2. The number of nitrogens with zero attached hydrogens (tertiary/aromatic N) is 4. The summed E-state index contributed by atoms with van der Waals surface area (Å²) in [5.74, 6) is 1.49. The van der Waals surface area contributed by atoms with E-state index in [9.17, 15) is 9.59 Å². The van der Waals surface area contributed by atoms with Gasteiger partial charge in [0.25, 0.3) is 11.5 Å². The molecule has 4 rings (SSSR count). The van der Waals surface area contributed by atoms with Crippen LogP contribution in [0.3, 0.4) is 0 Å². The summed E-state index contributed by atoms with van der Waals surface area (Å²) in [6, 6.07) is 11.9. The van der Waals surface area contributed by atoms with Crippen LogP contribution in [0.1, 0.15) is 22.0 Å². The maximum Gasteiger partial charge on any atom is 0.258 e. The number of aromatic nitrogens is 5. The van der Waals surface area contributed by atoms with Gasteiger partial charge in [-0.2, -0.15) is 0 Å². The molecule has 2 heterocycles. The molecule has 0 fully saturated rings. The van der Waals surface area contributed by atoms with Gasteiger partial charge in [-0.1, -0.05) is 47.1 Å². The van der Waals surface area contributed by atoms with E-state index in [1.165, 1.54) is 17.8 Å². The zero-order valence-corrected chi connectivity index (χ0v) is 19.3. The van der Waals surface area contributed by atoms with Crippen LogP contribution in [0, 0.1) is 0 Å². The van der Waals surface area contributed by atoms with Crippen LogP contribution >= 0.6 is 35.0 Å². The van der Waals surface area contributed by atoms with E-state index in [2.05, 4.69) is 25.5 Å². The number of H-pyrrole nitrogens is 1. The van der Waals surface area contributed by atoms with E-state index in [0.717, 1.165) is 5.82 Å². The summed E-state index contributed by atoms with van der Waals surface area (Å²) in [6.07, 6.45) is 0.502. The van der Waals surface area contributed by atoms with Crippen LogP contribution in [0.15, 0.2) is 52.4 Å². The minimum Gasteiger partial charge on any atom is -0.352 e. The predicted octanol–water partition coefficient (Wildman–Crippen LogP) is 3.62. The molecule has 11 heteroatoms. The van der Waals surface area contributed by atoms with Crippen molar-refractivity contribution in [2.24, 2.45) is 7.05 Å². The normalized spacial score (nSPS) is 11.1. The van der Waals surface area contributed by atoms with Crippen molar-refractivity contribution in [2.45, 2.75) is 17.3 Å². The van der Waals surface area contributed by atoms with E-state index in [1.807, 2.05) is 29.8 Å². The number of para-hydroxylation sites is 1. The molecule has 4 aromatic rings. The van der Waals surface area contributed by atoms with Gasteiger partial charge < -0.3 is 14.9 Å². The molecule has 0 atom stereocenters. The molecule has 0 aliphatic rings. The van der Waals surface area contributed by atoms with Crippen LogP contribution in [-0.2, 0) is 19.2 Å². The van der Waals surface area contributed by atoms with Crippen LogP contribution in [0.5, 0.6) is 0 Å². The van der Waals surface area contributed by atoms with Crippen LogP contribution in [0.4, 0.5) is 0 Å². The number of thioether (sulfide) groups is 1. The van der Waals surface area contributed by atoms with E-state index < -0.39 is 0 Å². The minimum atomic E-state index is -0.244. The predicted molar refractivity (Wildman–Crippen MR) is 125 cm³/mol. The highest BCUT2D eigenvalue weighted by molar-refractivity contribution is 7.98. The van der Waals surface area contributed by atoms with Gasteiger partial charge in [0.15, 0.2) is 5.16 Å². The zero-order chi connectivity index (χ0) is 22.7. The lowest BCUT2D eigenvalue weighted by Gasteiger charge is -2.07. The number of aromatic amines is 1. The number of nitrogens with one attached hydrogen (secondary N) is 2. The third kappa shape index (κ3) is 4.95. The molecule has 0 spiro atoms. The number of hydrogen-bond acceptors (Lipinski definition) is 6. The lowest BCUT2D eigenvalue weighted by molar-refractivity contribution is 0.0954. The van der Waals surface area contributed by atoms with Crippen molar-refractivity contribution in [3.05, 3.63) is 80.1 Å². The van der Waals surface area contributed by atoms with Crippen molar-refractivity contribution in [3.63, 3.8) is 0 Å². The maximum absolute atomic E-state index is 12.3. The Labute approximate surface area is 197 Å². The summed E-state index contributed by atoms with van der Waals surface area (Å²) in [5, 5.41) is 13.2. The van der Waals surface area contributed by atoms with Gasteiger partial charge >= 0.3 is 0 Å². The highest BCUT2D eigenvalue weighted by Gasteiger charge is 2.12. The SMILES string of the molecule is Cn1c(CCNC(=O)c2ccc(Cl)c(Cl)c2)nnc1SCc1nc2ccccc2c(=O)[nH]1. The van der Waals surface area contributed by atoms with Crippen molar-refractivity contribution in [3.8, 4) is 0 Å². The summed E-state index contributed by atoms with van der Waals surface area (Å²) in [4.78, 5) is 31.8. The van der Waals surface area contributed by atoms with Crippen LogP contribution < -0.4 is 10.9 Å². The van der Waals surface area contributed by atoms with Gasteiger partial charge in [0.05, 0.1) is 26.7 Å². The molecule has 0 bridgehead atoms. The lowest BCUT2D eigenvalue weighted by atomic mass is 10.2. The van der Waals surface area contributed by atoms with Crippen molar-refractivity contribution >= 4 is 51.8 Å². The summed E-state index contributed by atoms with van der Waals surface area (Å²) >= 11 is 13.3. The largest absolute Gasteiger partial charge is 0.352 e. The van der Waals surface area contributed by atoms with E-state index in [1.54, 1.807) is 18.2 Å². The topological polar surface area (TPSA) is 106 Å². The number of rotatable bonds is 7. The van der Waals surface area contributed by atoms with Crippen molar-refractivity contribution in [1.29, 1.82) is 0 Å². The maximum atomic E-state index is 12.3. The number of carbonyl (C=O) groups excluding carboxylic acids is 1. The van der Waals surface area contributed by atoms with Crippen molar-refractivity contribution in [1.82, 2.24) is 30.0 Å². The Bertz CT molecular complexity index is 1350. The second kappa shape index (κ2) is 9.72.